The SMILES string of the molecule is Cc1c(Cl)cc(COC(=O)N2CC[C@@H](N3CCc4ccccc4NC3=O)C[C@@]2(CC=O)N2CCC(N3CCCCC3)CC2)cc1Cl. The lowest BCUT2D eigenvalue weighted by Crippen LogP contribution is -2.70. The monoisotopic (exact) mass is 669 g/mol. The van der Waals surface area contributed by atoms with E-state index in [4.69, 9.17) is 27.9 Å². The van der Waals surface area contributed by atoms with E-state index in [1.165, 1.54) is 19.3 Å². The zero-order valence-electron chi connectivity index (χ0n) is 26.7. The second-order valence-corrected chi connectivity index (χ2v) is 14.1. The van der Waals surface area contributed by atoms with Gasteiger partial charge in [0.1, 0.15) is 18.6 Å². The third kappa shape index (κ3) is 6.89. The zero-order chi connectivity index (χ0) is 32.3. The molecule has 46 heavy (non-hydrogen) atoms. The predicted octanol–water partition coefficient (Wildman–Crippen LogP) is 6.73. The lowest BCUT2D eigenvalue weighted by Gasteiger charge is -2.57. The van der Waals surface area contributed by atoms with Crippen LogP contribution in [-0.4, -0.2) is 95.0 Å². The van der Waals surface area contributed by atoms with Gasteiger partial charge in [0, 0.05) is 66.8 Å². The minimum absolute atomic E-state index is 0.0134. The van der Waals surface area contributed by atoms with E-state index in [-0.39, 0.29) is 25.1 Å². The highest BCUT2D eigenvalue weighted by atomic mass is 35.5. The molecule has 9 nitrogen and oxygen atoms in total. The van der Waals surface area contributed by atoms with Crippen molar-refractivity contribution in [2.75, 3.05) is 44.6 Å². The molecular formula is C35H45Cl2N5O4. The molecule has 4 aliphatic heterocycles. The van der Waals surface area contributed by atoms with Gasteiger partial charge in [0.25, 0.3) is 0 Å². The second-order valence-electron chi connectivity index (χ2n) is 13.2. The molecule has 0 radical (unpaired) electrons. The maximum absolute atomic E-state index is 14.0. The summed E-state index contributed by atoms with van der Waals surface area (Å²) in [7, 11) is 0. The van der Waals surface area contributed by atoms with Gasteiger partial charge in [0.2, 0.25) is 0 Å². The fourth-order valence-electron chi connectivity index (χ4n) is 8.03. The first-order chi connectivity index (χ1) is 22.3. The number of anilines is 1. The van der Waals surface area contributed by atoms with Crippen LogP contribution in [0.15, 0.2) is 36.4 Å². The van der Waals surface area contributed by atoms with Crippen molar-refractivity contribution in [1.82, 2.24) is 19.6 Å². The molecule has 4 heterocycles. The highest BCUT2D eigenvalue weighted by Gasteiger charge is 2.52. The van der Waals surface area contributed by atoms with Crippen LogP contribution < -0.4 is 5.32 Å². The molecule has 248 valence electrons. The smallest absolute Gasteiger partial charge is 0.411 e. The number of aldehydes is 1. The van der Waals surface area contributed by atoms with Crippen LogP contribution in [0.4, 0.5) is 15.3 Å². The van der Waals surface area contributed by atoms with E-state index in [1.54, 1.807) is 17.0 Å². The predicted molar refractivity (Wildman–Crippen MR) is 180 cm³/mol. The summed E-state index contributed by atoms with van der Waals surface area (Å²) in [6.07, 6.45) is 8.15. The molecule has 0 saturated carbocycles. The number of benzene rings is 2. The molecule has 3 amide bonds. The molecule has 6 rings (SSSR count). The van der Waals surface area contributed by atoms with Gasteiger partial charge in [-0.05, 0) is 93.4 Å². The number of urea groups is 1. The van der Waals surface area contributed by atoms with Crippen LogP contribution in [0.5, 0.6) is 0 Å². The van der Waals surface area contributed by atoms with E-state index in [0.29, 0.717) is 47.6 Å². The standard InChI is InChI=1S/C35H45Cl2N5O4/c1-25-30(36)21-26(22-31(25)37)24-46-34(45)42-19-12-29(41-18-9-27-7-3-4-8-32(27)38-33(41)44)23-35(42,13-20-43)40-16-10-28(11-17-40)39-14-5-2-6-15-39/h3-4,7-8,20-22,28-29H,2,5-6,9-19,23-24H2,1H3,(H,38,44)/t29-,35+/m1/s1. The van der Waals surface area contributed by atoms with Gasteiger partial charge in [-0.25, -0.2) is 9.59 Å². The molecular weight excluding hydrogens is 625 g/mol. The number of nitrogens with one attached hydrogen (secondary N) is 1. The Hall–Kier alpha value is -2.85. The number of amides is 3. The Bertz CT molecular complexity index is 1400. The zero-order valence-corrected chi connectivity index (χ0v) is 28.2. The van der Waals surface area contributed by atoms with Crippen molar-refractivity contribution >= 4 is 47.3 Å². The summed E-state index contributed by atoms with van der Waals surface area (Å²) in [5, 5.41) is 4.14. The van der Waals surface area contributed by atoms with Crippen LogP contribution in [0.2, 0.25) is 10.0 Å². The van der Waals surface area contributed by atoms with Crippen LogP contribution in [0.1, 0.15) is 68.1 Å². The lowest BCUT2D eigenvalue weighted by molar-refractivity contribution is -0.128. The topological polar surface area (TPSA) is 85.4 Å². The number of para-hydroxylation sites is 1. The third-order valence-corrected chi connectivity index (χ3v) is 11.4. The van der Waals surface area contributed by atoms with Crippen LogP contribution in [0.25, 0.3) is 0 Å². The van der Waals surface area contributed by atoms with Gasteiger partial charge in [-0.15, -0.1) is 0 Å². The molecule has 4 aliphatic rings. The van der Waals surface area contributed by atoms with Gasteiger partial charge in [-0.3, -0.25) is 9.80 Å². The summed E-state index contributed by atoms with van der Waals surface area (Å²) < 4.78 is 5.92. The number of carbonyl (C=O) groups excluding carboxylic acids is 3. The molecule has 1 N–H and O–H groups in total. The molecule has 0 unspecified atom stereocenters. The molecule has 2 atom stereocenters. The summed E-state index contributed by atoms with van der Waals surface area (Å²) in [6, 6.07) is 11.7. The first-order valence-corrected chi connectivity index (χ1v) is 17.5. The van der Waals surface area contributed by atoms with E-state index in [9.17, 15) is 14.4 Å². The maximum Gasteiger partial charge on any atom is 0.411 e. The highest BCUT2D eigenvalue weighted by Crippen LogP contribution is 2.40. The summed E-state index contributed by atoms with van der Waals surface area (Å²) in [6.45, 7) is 6.62. The Balaban J connectivity index is 1.24. The number of rotatable bonds is 7. The van der Waals surface area contributed by atoms with Gasteiger partial charge in [0.05, 0.1) is 0 Å². The molecule has 3 fully saturated rings. The summed E-state index contributed by atoms with van der Waals surface area (Å²) >= 11 is 12.7. The van der Waals surface area contributed by atoms with Crippen molar-refractivity contribution in [2.24, 2.45) is 0 Å². The Morgan fingerprint density at radius 2 is 1.67 bits per heavy atom. The van der Waals surface area contributed by atoms with Crippen LogP contribution in [0.3, 0.4) is 0 Å². The largest absolute Gasteiger partial charge is 0.444 e. The number of fused-ring (bicyclic) bond motifs is 1. The molecule has 11 heteroatoms. The number of hydrogen-bond acceptors (Lipinski definition) is 6. The van der Waals surface area contributed by atoms with E-state index in [1.807, 2.05) is 30.0 Å². The van der Waals surface area contributed by atoms with Crippen LogP contribution in [0, 0.1) is 6.92 Å². The first kappa shape index (κ1) is 33.1. The fourth-order valence-corrected chi connectivity index (χ4v) is 8.56. The second kappa shape index (κ2) is 14.5. The van der Waals surface area contributed by atoms with Crippen molar-refractivity contribution in [3.8, 4) is 0 Å². The molecule has 0 spiro atoms. The number of piperidine rings is 3. The Morgan fingerprint density at radius 1 is 0.978 bits per heavy atom. The number of hydrogen-bond donors (Lipinski definition) is 1. The first-order valence-electron chi connectivity index (χ1n) is 16.8. The van der Waals surface area contributed by atoms with Gasteiger partial charge in [-0.2, -0.15) is 0 Å². The summed E-state index contributed by atoms with van der Waals surface area (Å²) in [5.41, 5.74) is 2.52. The van der Waals surface area contributed by atoms with Crippen molar-refractivity contribution in [2.45, 2.75) is 89.1 Å². The molecule has 2 aromatic carbocycles. The van der Waals surface area contributed by atoms with E-state index in [0.717, 1.165) is 68.5 Å². The van der Waals surface area contributed by atoms with E-state index >= 15 is 0 Å². The van der Waals surface area contributed by atoms with Gasteiger partial charge < -0.3 is 24.6 Å². The van der Waals surface area contributed by atoms with E-state index in [2.05, 4.69) is 21.2 Å². The number of halogens is 2. The minimum atomic E-state index is -0.906. The molecule has 0 aliphatic carbocycles. The molecule has 2 aromatic rings. The van der Waals surface area contributed by atoms with Gasteiger partial charge in [0.15, 0.2) is 0 Å². The Labute approximate surface area is 282 Å². The van der Waals surface area contributed by atoms with Gasteiger partial charge >= 0.3 is 12.1 Å². The average molecular weight is 671 g/mol. The maximum atomic E-state index is 14.0. The summed E-state index contributed by atoms with van der Waals surface area (Å²) in [4.78, 5) is 48.7. The third-order valence-electron chi connectivity index (χ3n) is 10.6. The van der Waals surface area contributed by atoms with Crippen molar-refractivity contribution in [1.29, 1.82) is 0 Å². The Kier molecular flexibility index (Phi) is 10.4. The molecule has 0 bridgehead atoms. The van der Waals surface area contributed by atoms with Crippen LogP contribution >= 0.6 is 23.2 Å². The van der Waals surface area contributed by atoms with Crippen LogP contribution in [-0.2, 0) is 22.6 Å². The van der Waals surface area contributed by atoms with E-state index < -0.39 is 11.8 Å². The fraction of sp³-hybridized carbons (Fsp3) is 0.571. The highest BCUT2D eigenvalue weighted by molar-refractivity contribution is 6.36. The summed E-state index contributed by atoms with van der Waals surface area (Å²) in [5.74, 6) is 0. The normalized spacial score (nSPS) is 25.0. The number of nitrogens with zero attached hydrogens (tertiary/aromatic N) is 4. The molecule has 0 aromatic heterocycles. The molecule has 3 saturated heterocycles. The van der Waals surface area contributed by atoms with Gasteiger partial charge in [-0.1, -0.05) is 47.8 Å². The number of carbonyl (C=O) groups is 3. The Morgan fingerprint density at radius 3 is 2.39 bits per heavy atom. The average Bonchev–Trinajstić information content (AvgIpc) is 3.24. The van der Waals surface area contributed by atoms with Crippen molar-refractivity contribution in [3.63, 3.8) is 0 Å². The number of ether oxygens (including phenoxy) is 1. The quantitative estimate of drug-likeness (QED) is 0.329. The van der Waals surface area contributed by atoms with Crippen molar-refractivity contribution in [3.05, 3.63) is 63.1 Å². The minimum Gasteiger partial charge on any atom is -0.444 e. The van der Waals surface area contributed by atoms with Crippen molar-refractivity contribution < 1.29 is 19.1 Å². The lowest BCUT2D eigenvalue weighted by atomic mass is 9.84. The number of likely N-dealkylation sites (tertiary alicyclic amines) is 3.